The number of nitrogens with one attached hydrogen (secondary N) is 1. The molecule has 0 spiro atoms. The first-order valence-electron chi connectivity index (χ1n) is 5.54. The molecule has 18 heavy (non-hydrogen) atoms. The van der Waals surface area contributed by atoms with Crippen LogP contribution < -0.4 is 4.74 Å². The Hall–Kier alpha value is -2.01. The van der Waals surface area contributed by atoms with E-state index in [0.717, 1.165) is 10.9 Å². The molecule has 0 radical (unpaired) electrons. The van der Waals surface area contributed by atoms with Crippen molar-refractivity contribution < 1.29 is 19.4 Å². The lowest BCUT2D eigenvalue weighted by molar-refractivity contribution is 0.0678. The lowest BCUT2D eigenvalue weighted by Crippen LogP contribution is -2.05. The summed E-state index contributed by atoms with van der Waals surface area (Å²) in [6.07, 6.45) is -0.293. The quantitative estimate of drug-likeness (QED) is 0.873. The molecule has 0 fully saturated rings. The zero-order valence-electron chi connectivity index (χ0n) is 10.5. The van der Waals surface area contributed by atoms with E-state index in [2.05, 4.69) is 4.98 Å². The molecule has 5 heteroatoms. The predicted molar refractivity (Wildman–Crippen MR) is 67.2 cm³/mol. The van der Waals surface area contributed by atoms with E-state index >= 15 is 0 Å². The van der Waals surface area contributed by atoms with Crippen LogP contribution in [-0.2, 0) is 4.74 Å². The topological polar surface area (TPSA) is 71.6 Å². The fourth-order valence-electron chi connectivity index (χ4n) is 2.03. The molecule has 1 heterocycles. The molecule has 0 aliphatic carbocycles. The third-order valence-electron chi connectivity index (χ3n) is 3.02. The summed E-state index contributed by atoms with van der Waals surface area (Å²) in [7, 11) is 3.12. The fourth-order valence-corrected chi connectivity index (χ4v) is 2.03. The van der Waals surface area contributed by atoms with E-state index in [0.29, 0.717) is 11.3 Å². The maximum absolute atomic E-state index is 11.2. The second-order valence-electron chi connectivity index (χ2n) is 4.01. The Morgan fingerprint density at radius 1 is 1.39 bits per heavy atom. The second kappa shape index (κ2) is 4.70. The van der Waals surface area contributed by atoms with Gasteiger partial charge in [-0.15, -0.1) is 0 Å². The molecule has 1 unspecified atom stereocenters. The average molecular weight is 249 g/mol. The minimum atomic E-state index is -0.996. The van der Waals surface area contributed by atoms with Crippen LogP contribution in [0.25, 0.3) is 10.9 Å². The number of carboxylic acid groups (broad SMARTS) is 1. The van der Waals surface area contributed by atoms with Crippen LogP contribution in [-0.4, -0.2) is 30.3 Å². The molecule has 0 saturated heterocycles. The summed E-state index contributed by atoms with van der Waals surface area (Å²) in [5.74, 6) is -0.318. The summed E-state index contributed by atoms with van der Waals surface area (Å²) in [5.41, 5.74) is 1.54. The molecule has 0 aliphatic rings. The van der Waals surface area contributed by atoms with E-state index in [-0.39, 0.29) is 11.8 Å². The Bertz CT molecular complexity index is 588. The van der Waals surface area contributed by atoms with Crippen molar-refractivity contribution in [2.45, 2.75) is 13.0 Å². The molecule has 0 amide bonds. The molecule has 96 valence electrons. The van der Waals surface area contributed by atoms with E-state index in [9.17, 15) is 9.90 Å². The van der Waals surface area contributed by atoms with Gasteiger partial charge in [0.1, 0.15) is 11.4 Å². The first-order chi connectivity index (χ1) is 8.58. The summed E-state index contributed by atoms with van der Waals surface area (Å²) >= 11 is 0. The molecular formula is C13H15NO4. The van der Waals surface area contributed by atoms with Crippen molar-refractivity contribution >= 4 is 16.9 Å². The lowest BCUT2D eigenvalue weighted by Gasteiger charge is -2.09. The number of fused-ring (bicyclic) bond motifs is 1. The van der Waals surface area contributed by atoms with Crippen molar-refractivity contribution in [2.75, 3.05) is 14.2 Å². The molecule has 2 aromatic rings. The SMILES string of the molecule is COc1ccc2c(C(C)OC)c(C(=O)O)[nH]c2c1. The van der Waals surface area contributed by atoms with Crippen LogP contribution in [0.5, 0.6) is 5.75 Å². The molecule has 2 rings (SSSR count). The maximum Gasteiger partial charge on any atom is 0.352 e. The third kappa shape index (κ3) is 1.93. The van der Waals surface area contributed by atoms with Crippen molar-refractivity contribution in [1.82, 2.24) is 4.98 Å². The smallest absolute Gasteiger partial charge is 0.352 e. The van der Waals surface area contributed by atoms with Crippen LogP contribution >= 0.6 is 0 Å². The van der Waals surface area contributed by atoms with Gasteiger partial charge < -0.3 is 19.6 Å². The van der Waals surface area contributed by atoms with Crippen LogP contribution in [0.4, 0.5) is 0 Å². The van der Waals surface area contributed by atoms with Gasteiger partial charge in [-0.3, -0.25) is 0 Å². The fraction of sp³-hybridized carbons (Fsp3) is 0.308. The van der Waals surface area contributed by atoms with Crippen molar-refractivity contribution in [1.29, 1.82) is 0 Å². The Labute approximate surface area is 104 Å². The summed E-state index contributed by atoms with van der Waals surface area (Å²) < 4.78 is 10.4. The molecule has 0 bridgehead atoms. The Kier molecular flexibility index (Phi) is 3.25. The van der Waals surface area contributed by atoms with E-state index in [1.165, 1.54) is 0 Å². The molecule has 2 N–H and O–H groups in total. The molecule has 1 atom stereocenters. The van der Waals surface area contributed by atoms with Gasteiger partial charge in [-0.25, -0.2) is 4.79 Å². The predicted octanol–water partition coefficient (Wildman–Crippen LogP) is 2.58. The number of aromatic nitrogens is 1. The first-order valence-corrected chi connectivity index (χ1v) is 5.54. The van der Waals surface area contributed by atoms with Crippen molar-refractivity contribution in [3.63, 3.8) is 0 Å². The number of H-pyrrole nitrogens is 1. The number of hydrogen-bond acceptors (Lipinski definition) is 3. The average Bonchev–Trinajstić information content (AvgIpc) is 2.76. The Balaban J connectivity index is 2.71. The number of aromatic amines is 1. The monoisotopic (exact) mass is 249 g/mol. The van der Waals surface area contributed by atoms with Gasteiger partial charge in [0.05, 0.1) is 18.7 Å². The highest BCUT2D eigenvalue weighted by molar-refractivity contribution is 5.98. The van der Waals surface area contributed by atoms with Crippen molar-refractivity contribution in [3.8, 4) is 5.75 Å². The van der Waals surface area contributed by atoms with Gasteiger partial charge in [-0.05, 0) is 19.1 Å². The summed E-state index contributed by atoms with van der Waals surface area (Å²) in [6.45, 7) is 1.82. The molecule has 0 aliphatic heterocycles. The Morgan fingerprint density at radius 2 is 2.11 bits per heavy atom. The lowest BCUT2D eigenvalue weighted by atomic mass is 10.1. The van der Waals surface area contributed by atoms with Gasteiger partial charge in [0.25, 0.3) is 0 Å². The van der Waals surface area contributed by atoms with Gasteiger partial charge in [-0.2, -0.15) is 0 Å². The largest absolute Gasteiger partial charge is 0.497 e. The van der Waals surface area contributed by atoms with Crippen LogP contribution in [0.3, 0.4) is 0 Å². The number of aromatic carboxylic acids is 1. The number of hydrogen-bond donors (Lipinski definition) is 2. The molecule has 1 aromatic carbocycles. The summed E-state index contributed by atoms with van der Waals surface area (Å²) in [6, 6.07) is 5.41. The van der Waals surface area contributed by atoms with E-state index in [1.807, 2.05) is 13.0 Å². The standard InChI is InChI=1S/C13H15NO4/c1-7(17-2)11-9-5-4-8(18-3)6-10(9)14-12(11)13(15)16/h4-7,14H,1-3H3,(H,15,16). The van der Waals surface area contributed by atoms with Crippen LogP contribution in [0.2, 0.25) is 0 Å². The van der Waals surface area contributed by atoms with Gasteiger partial charge in [0, 0.05) is 24.1 Å². The van der Waals surface area contributed by atoms with Gasteiger partial charge in [0.2, 0.25) is 0 Å². The molecule has 0 saturated carbocycles. The zero-order valence-corrected chi connectivity index (χ0v) is 10.5. The van der Waals surface area contributed by atoms with Gasteiger partial charge >= 0.3 is 5.97 Å². The number of rotatable bonds is 4. The van der Waals surface area contributed by atoms with Crippen molar-refractivity contribution in [3.05, 3.63) is 29.5 Å². The Morgan fingerprint density at radius 3 is 2.67 bits per heavy atom. The van der Waals surface area contributed by atoms with E-state index in [4.69, 9.17) is 9.47 Å². The molecule has 5 nitrogen and oxygen atoms in total. The number of methoxy groups -OCH3 is 2. The zero-order chi connectivity index (χ0) is 13.3. The maximum atomic E-state index is 11.2. The second-order valence-corrected chi connectivity index (χ2v) is 4.01. The highest BCUT2D eigenvalue weighted by Gasteiger charge is 2.21. The normalized spacial score (nSPS) is 12.6. The number of carbonyl (C=O) groups is 1. The van der Waals surface area contributed by atoms with Gasteiger partial charge in [0.15, 0.2) is 0 Å². The highest BCUT2D eigenvalue weighted by atomic mass is 16.5. The number of benzene rings is 1. The van der Waals surface area contributed by atoms with Crippen LogP contribution in [0.15, 0.2) is 18.2 Å². The van der Waals surface area contributed by atoms with E-state index in [1.54, 1.807) is 26.4 Å². The molecular weight excluding hydrogens is 234 g/mol. The van der Waals surface area contributed by atoms with Crippen LogP contribution in [0, 0.1) is 0 Å². The number of carboxylic acids is 1. The minimum absolute atomic E-state index is 0.160. The number of ether oxygens (including phenoxy) is 2. The summed E-state index contributed by atoms with van der Waals surface area (Å²) in [5, 5.41) is 10.1. The molecule has 1 aromatic heterocycles. The highest BCUT2D eigenvalue weighted by Crippen LogP contribution is 2.31. The minimum Gasteiger partial charge on any atom is -0.497 e. The van der Waals surface area contributed by atoms with Crippen molar-refractivity contribution in [2.24, 2.45) is 0 Å². The van der Waals surface area contributed by atoms with E-state index < -0.39 is 5.97 Å². The van der Waals surface area contributed by atoms with Gasteiger partial charge in [-0.1, -0.05) is 0 Å². The first kappa shape index (κ1) is 12.4. The summed E-state index contributed by atoms with van der Waals surface area (Å²) in [4.78, 5) is 14.1. The third-order valence-corrected chi connectivity index (χ3v) is 3.02. The van der Waals surface area contributed by atoms with Crippen LogP contribution in [0.1, 0.15) is 29.1 Å².